The first-order valence-corrected chi connectivity index (χ1v) is 3.88. The second kappa shape index (κ2) is 4.39. The van der Waals surface area contributed by atoms with Gasteiger partial charge in [-0.15, -0.1) is 0 Å². The van der Waals surface area contributed by atoms with Crippen LogP contribution in [0, 0.1) is 0 Å². The average Bonchev–Trinajstić information content (AvgIpc) is 1.97. The normalized spacial score (nSPS) is 19.8. The summed E-state index contributed by atoms with van der Waals surface area (Å²) in [5.41, 5.74) is 5.38. The van der Waals surface area contributed by atoms with Crippen molar-refractivity contribution in [3.63, 3.8) is 0 Å². The van der Waals surface area contributed by atoms with Crippen LogP contribution in [0.25, 0.3) is 0 Å². The summed E-state index contributed by atoms with van der Waals surface area (Å²) in [6, 6.07) is -0.712. The van der Waals surface area contributed by atoms with E-state index in [0.29, 0.717) is 13.2 Å². The van der Waals surface area contributed by atoms with Crippen LogP contribution < -0.4 is 5.73 Å². The number of ether oxygens (including phenoxy) is 2. The fourth-order valence-corrected chi connectivity index (χ4v) is 0.791. The van der Waals surface area contributed by atoms with Gasteiger partial charge in [0.15, 0.2) is 0 Å². The Morgan fingerprint density at radius 1 is 1.75 bits per heavy atom. The highest BCUT2D eigenvalue weighted by molar-refractivity contribution is 5.75. The maximum atomic E-state index is 11.0. The first-order chi connectivity index (χ1) is 5.74. The van der Waals surface area contributed by atoms with Crippen LogP contribution in [-0.4, -0.2) is 43.0 Å². The number of hydrogen-bond acceptors (Lipinski definition) is 5. The second-order valence-corrected chi connectivity index (χ2v) is 2.72. The quantitative estimate of drug-likeness (QED) is 0.515. The zero-order valence-electron chi connectivity index (χ0n) is 6.73. The summed E-state index contributed by atoms with van der Waals surface area (Å²) in [6.45, 7) is 0.812. The molecule has 0 aromatic rings. The van der Waals surface area contributed by atoms with Crippen LogP contribution >= 0.6 is 0 Å². The van der Waals surface area contributed by atoms with E-state index in [1.165, 1.54) is 0 Å². The Labute approximate surface area is 70.4 Å². The number of nitrogens with two attached hydrogens (primary N) is 1. The van der Waals surface area contributed by atoms with Gasteiger partial charge in [0.2, 0.25) is 0 Å². The summed E-state index contributed by atoms with van der Waals surface area (Å²) < 4.78 is 9.71. The molecule has 0 amide bonds. The molecular weight excluding hydrogens is 162 g/mol. The van der Waals surface area contributed by atoms with E-state index >= 15 is 0 Å². The Balaban J connectivity index is 2.16. The predicted molar refractivity (Wildman–Crippen MR) is 40.4 cm³/mol. The molecule has 3 N–H and O–H groups in total. The lowest BCUT2D eigenvalue weighted by atomic mass is 10.2. The number of hydrogen-bond donors (Lipinski definition) is 2. The van der Waals surface area contributed by atoms with Crippen molar-refractivity contribution in [3.05, 3.63) is 0 Å². The highest BCUT2D eigenvalue weighted by atomic mass is 16.6. The van der Waals surface area contributed by atoms with Crippen LogP contribution in [-0.2, 0) is 14.3 Å². The van der Waals surface area contributed by atoms with Crippen molar-refractivity contribution in [1.82, 2.24) is 0 Å². The molecule has 0 saturated carbocycles. The Morgan fingerprint density at radius 2 is 2.42 bits per heavy atom. The van der Waals surface area contributed by atoms with Crippen molar-refractivity contribution in [2.24, 2.45) is 5.73 Å². The zero-order valence-corrected chi connectivity index (χ0v) is 6.73. The molecule has 0 aromatic carbocycles. The molecule has 0 bridgehead atoms. The summed E-state index contributed by atoms with van der Waals surface area (Å²) in [6.07, 6.45) is 0.106. The van der Waals surface area contributed by atoms with E-state index in [-0.39, 0.29) is 19.1 Å². The molecule has 5 heteroatoms. The first-order valence-electron chi connectivity index (χ1n) is 3.88. The van der Waals surface area contributed by atoms with E-state index in [0.717, 1.165) is 0 Å². The van der Waals surface area contributed by atoms with Gasteiger partial charge >= 0.3 is 5.97 Å². The van der Waals surface area contributed by atoms with Gasteiger partial charge in [-0.25, -0.2) is 0 Å². The lowest BCUT2D eigenvalue weighted by Crippen LogP contribution is -2.43. The van der Waals surface area contributed by atoms with Crippen molar-refractivity contribution in [1.29, 1.82) is 0 Å². The third kappa shape index (κ3) is 2.44. The highest BCUT2D eigenvalue weighted by Crippen LogP contribution is 2.06. The van der Waals surface area contributed by atoms with Gasteiger partial charge in [0.1, 0.15) is 12.1 Å². The van der Waals surface area contributed by atoms with Crippen LogP contribution in [0.2, 0.25) is 0 Å². The largest absolute Gasteiger partial charge is 0.456 e. The maximum absolute atomic E-state index is 11.0. The Kier molecular flexibility index (Phi) is 3.46. The van der Waals surface area contributed by atoms with Gasteiger partial charge in [-0.05, 0) is 6.42 Å². The van der Waals surface area contributed by atoms with E-state index in [2.05, 4.69) is 0 Å². The van der Waals surface area contributed by atoms with E-state index < -0.39 is 12.0 Å². The molecule has 70 valence electrons. The summed E-state index contributed by atoms with van der Waals surface area (Å²) in [4.78, 5) is 11.0. The Morgan fingerprint density at radius 3 is 2.83 bits per heavy atom. The van der Waals surface area contributed by atoms with Crippen LogP contribution in [0.15, 0.2) is 0 Å². The van der Waals surface area contributed by atoms with Crippen LogP contribution in [0.1, 0.15) is 6.42 Å². The summed E-state index contributed by atoms with van der Waals surface area (Å²) >= 11 is 0. The van der Waals surface area contributed by atoms with Crippen LogP contribution in [0.5, 0.6) is 0 Å². The first kappa shape index (κ1) is 9.44. The molecule has 1 atom stereocenters. The molecule has 0 spiro atoms. The van der Waals surface area contributed by atoms with E-state index in [4.69, 9.17) is 20.3 Å². The smallest absolute Gasteiger partial charge is 0.323 e. The standard InChI is InChI=1S/C7H13NO4/c8-6(1-2-9)7(10)12-5-3-11-4-5/h5-6,9H,1-4,8H2/t6-/m0/s1. The third-order valence-corrected chi connectivity index (χ3v) is 1.63. The van der Waals surface area contributed by atoms with Crippen molar-refractivity contribution < 1.29 is 19.4 Å². The zero-order chi connectivity index (χ0) is 8.97. The number of carbonyl (C=O) groups is 1. The van der Waals surface area contributed by atoms with Gasteiger partial charge in [0.25, 0.3) is 0 Å². The SMILES string of the molecule is N[C@@H](CCO)C(=O)OC1COC1. The van der Waals surface area contributed by atoms with Gasteiger partial charge in [0.05, 0.1) is 13.2 Å². The number of aliphatic hydroxyl groups excluding tert-OH is 1. The second-order valence-electron chi connectivity index (χ2n) is 2.72. The molecule has 1 aliphatic heterocycles. The summed E-state index contributed by atoms with van der Waals surface area (Å²) in [7, 11) is 0. The highest BCUT2D eigenvalue weighted by Gasteiger charge is 2.25. The Hall–Kier alpha value is -0.650. The van der Waals surface area contributed by atoms with Gasteiger partial charge in [-0.2, -0.15) is 0 Å². The lowest BCUT2D eigenvalue weighted by molar-refractivity contribution is -0.173. The summed E-state index contributed by atoms with van der Waals surface area (Å²) in [5.74, 6) is -0.461. The van der Waals surface area contributed by atoms with Crippen molar-refractivity contribution >= 4 is 5.97 Å². The molecular formula is C7H13NO4. The molecule has 0 radical (unpaired) electrons. The molecule has 1 fully saturated rings. The van der Waals surface area contributed by atoms with Crippen LogP contribution in [0.3, 0.4) is 0 Å². The number of rotatable bonds is 4. The molecule has 0 aromatic heterocycles. The monoisotopic (exact) mass is 175 g/mol. The van der Waals surface area contributed by atoms with Crippen LogP contribution in [0.4, 0.5) is 0 Å². The molecule has 1 aliphatic rings. The van der Waals surface area contributed by atoms with E-state index in [1.54, 1.807) is 0 Å². The molecule has 1 heterocycles. The van der Waals surface area contributed by atoms with Crippen molar-refractivity contribution in [2.75, 3.05) is 19.8 Å². The van der Waals surface area contributed by atoms with Gasteiger partial charge in [0, 0.05) is 6.61 Å². The minimum absolute atomic E-state index is 0.0998. The van der Waals surface area contributed by atoms with Crippen molar-refractivity contribution in [2.45, 2.75) is 18.6 Å². The van der Waals surface area contributed by atoms with E-state index in [9.17, 15) is 4.79 Å². The molecule has 1 saturated heterocycles. The third-order valence-electron chi connectivity index (χ3n) is 1.63. The van der Waals surface area contributed by atoms with Crippen molar-refractivity contribution in [3.8, 4) is 0 Å². The predicted octanol–water partition coefficient (Wildman–Crippen LogP) is -1.36. The minimum atomic E-state index is -0.712. The topological polar surface area (TPSA) is 81.8 Å². The molecule has 1 rings (SSSR count). The van der Waals surface area contributed by atoms with Gasteiger partial charge in [-0.3, -0.25) is 4.79 Å². The number of esters is 1. The number of carbonyl (C=O) groups excluding carboxylic acids is 1. The van der Waals surface area contributed by atoms with Gasteiger partial charge in [-0.1, -0.05) is 0 Å². The fraction of sp³-hybridized carbons (Fsp3) is 0.857. The fourth-order valence-electron chi connectivity index (χ4n) is 0.791. The number of aliphatic hydroxyl groups is 1. The molecule has 0 aliphatic carbocycles. The maximum Gasteiger partial charge on any atom is 0.323 e. The average molecular weight is 175 g/mol. The minimum Gasteiger partial charge on any atom is -0.456 e. The molecule has 0 unspecified atom stereocenters. The Bertz CT molecular complexity index is 157. The summed E-state index contributed by atoms with van der Waals surface area (Å²) in [5, 5.41) is 8.48. The van der Waals surface area contributed by atoms with Gasteiger partial charge < -0.3 is 20.3 Å². The van der Waals surface area contributed by atoms with E-state index in [1.807, 2.05) is 0 Å². The molecule has 5 nitrogen and oxygen atoms in total. The molecule has 12 heavy (non-hydrogen) atoms. The lowest BCUT2D eigenvalue weighted by Gasteiger charge is -2.26.